The lowest BCUT2D eigenvalue weighted by Gasteiger charge is -2.10. The Bertz CT molecular complexity index is 275. The third kappa shape index (κ3) is 2.50. The van der Waals surface area contributed by atoms with Gasteiger partial charge in [0.15, 0.2) is 0 Å². The molecule has 70 valence electrons. The van der Waals surface area contributed by atoms with Crippen LogP contribution in [0.25, 0.3) is 0 Å². The number of hydrogen-bond acceptors (Lipinski definition) is 4. The van der Waals surface area contributed by atoms with Crippen LogP contribution in [0, 0.1) is 0 Å². The summed E-state index contributed by atoms with van der Waals surface area (Å²) in [6.07, 6.45) is 3.20. The van der Waals surface area contributed by atoms with E-state index >= 15 is 0 Å². The van der Waals surface area contributed by atoms with E-state index in [9.17, 15) is 4.79 Å². The molecule has 4 N–H and O–H groups in total. The van der Waals surface area contributed by atoms with Crippen molar-refractivity contribution in [3.05, 3.63) is 30.1 Å². The topological polar surface area (TPSA) is 80.0 Å². The molecule has 0 spiro atoms. The SMILES string of the molecule is CNNC(=O)C(N)c1ccncc1. The number of nitrogens with one attached hydrogen (secondary N) is 2. The molecule has 0 aliphatic rings. The number of nitrogens with zero attached hydrogens (tertiary/aromatic N) is 1. The third-order valence-electron chi connectivity index (χ3n) is 1.60. The third-order valence-corrected chi connectivity index (χ3v) is 1.60. The van der Waals surface area contributed by atoms with Gasteiger partial charge in [-0.2, -0.15) is 0 Å². The Morgan fingerprint density at radius 1 is 1.54 bits per heavy atom. The van der Waals surface area contributed by atoms with Crippen molar-refractivity contribution in [3.63, 3.8) is 0 Å². The van der Waals surface area contributed by atoms with Crippen molar-refractivity contribution in [2.75, 3.05) is 7.05 Å². The molecule has 13 heavy (non-hydrogen) atoms. The van der Waals surface area contributed by atoms with Crippen LogP contribution in [0.2, 0.25) is 0 Å². The van der Waals surface area contributed by atoms with E-state index in [1.165, 1.54) is 0 Å². The van der Waals surface area contributed by atoms with Gasteiger partial charge in [0.25, 0.3) is 5.91 Å². The van der Waals surface area contributed by atoms with Crippen LogP contribution in [-0.4, -0.2) is 17.9 Å². The second-order valence-corrected chi connectivity index (χ2v) is 2.50. The average Bonchev–Trinajstić information content (AvgIpc) is 2.18. The molecule has 0 bridgehead atoms. The number of nitrogens with two attached hydrogens (primary N) is 1. The summed E-state index contributed by atoms with van der Waals surface area (Å²) in [6, 6.07) is 2.76. The van der Waals surface area contributed by atoms with Crippen LogP contribution in [0.3, 0.4) is 0 Å². The van der Waals surface area contributed by atoms with Gasteiger partial charge in [0.1, 0.15) is 6.04 Å². The summed E-state index contributed by atoms with van der Waals surface area (Å²) in [5.74, 6) is -0.270. The molecule has 0 aliphatic heterocycles. The van der Waals surface area contributed by atoms with Crippen LogP contribution in [0.1, 0.15) is 11.6 Å². The first-order chi connectivity index (χ1) is 6.25. The van der Waals surface area contributed by atoms with E-state index in [0.29, 0.717) is 0 Å². The minimum absolute atomic E-state index is 0.270. The second kappa shape index (κ2) is 4.54. The minimum atomic E-state index is -0.657. The molecule has 0 fully saturated rings. The Labute approximate surface area is 76.3 Å². The van der Waals surface area contributed by atoms with Gasteiger partial charge in [-0.25, -0.2) is 5.43 Å². The molecular formula is C8H12N4O. The lowest BCUT2D eigenvalue weighted by Crippen LogP contribution is -2.40. The molecule has 5 nitrogen and oxygen atoms in total. The molecule has 1 rings (SSSR count). The van der Waals surface area contributed by atoms with Gasteiger partial charge in [0, 0.05) is 19.4 Å². The highest BCUT2D eigenvalue weighted by Crippen LogP contribution is 2.07. The molecule has 0 saturated heterocycles. The van der Waals surface area contributed by atoms with Crippen molar-refractivity contribution in [2.24, 2.45) is 5.73 Å². The lowest BCUT2D eigenvalue weighted by molar-refractivity contribution is -0.123. The largest absolute Gasteiger partial charge is 0.316 e. The minimum Gasteiger partial charge on any atom is -0.316 e. The molecule has 1 amide bonds. The van der Waals surface area contributed by atoms with Gasteiger partial charge >= 0.3 is 0 Å². The van der Waals surface area contributed by atoms with Crippen LogP contribution in [0.5, 0.6) is 0 Å². The predicted molar refractivity (Wildman–Crippen MR) is 48.4 cm³/mol. The number of carbonyl (C=O) groups excluding carboxylic acids is 1. The highest BCUT2D eigenvalue weighted by molar-refractivity contribution is 5.82. The Morgan fingerprint density at radius 3 is 2.69 bits per heavy atom. The lowest BCUT2D eigenvalue weighted by atomic mass is 10.1. The molecule has 0 radical (unpaired) electrons. The van der Waals surface area contributed by atoms with Gasteiger partial charge in [-0.1, -0.05) is 0 Å². The first kappa shape index (κ1) is 9.63. The Kier molecular flexibility index (Phi) is 3.36. The van der Waals surface area contributed by atoms with Gasteiger partial charge in [-0.3, -0.25) is 15.2 Å². The summed E-state index contributed by atoms with van der Waals surface area (Å²) in [6.45, 7) is 0. The van der Waals surface area contributed by atoms with Crippen molar-refractivity contribution >= 4 is 5.91 Å². The molecule has 0 aliphatic carbocycles. The van der Waals surface area contributed by atoms with E-state index in [-0.39, 0.29) is 5.91 Å². The zero-order valence-electron chi connectivity index (χ0n) is 7.32. The van der Waals surface area contributed by atoms with Crippen LogP contribution in [0.4, 0.5) is 0 Å². The first-order valence-electron chi connectivity index (χ1n) is 3.88. The monoisotopic (exact) mass is 180 g/mol. The van der Waals surface area contributed by atoms with Crippen molar-refractivity contribution in [3.8, 4) is 0 Å². The average molecular weight is 180 g/mol. The van der Waals surface area contributed by atoms with Gasteiger partial charge in [0.2, 0.25) is 0 Å². The molecular weight excluding hydrogens is 168 g/mol. The predicted octanol–water partition coefficient (Wildman–Crippen LogP) is -0.668. The Hall–Kier alpha value is -1.46. The van der Waals surface area contributed by atoms with Gasteiger partial charge in [-0.15, -0.1) is 0 Å². The number of pyridine rings is 1. The van der Waals surface area contributed by atoms with E-state index < -0.39 is 6.04 Å². The summed E-state index contributed by atoms with van der Waals surface area (Å²) in [5, 5.41) is 0. The molecule has 1 atom stereocenters. The smallest absolute Gasteiger partial charge is 0.255 e. The fourth-order valence-electron chi connectivity index (χ4n) is 0.923. The number of rotatable bonds is 3. The van der Waals surface area contributed by atoms with Gasteiger partial charge in [-0.05, 0) is 17.7 Å². The van der Waals surface area contributed by atoms with Crippen molar-refractivity contribution in [2.45, 2.75) is 6.04 Å². The molecule has 0 saturated carbocycles. The Morgan fingerprint density at radius 2 is 2.15 bits per heavy atom. The zero-order chi connectivity index (χ0) is 9.68. The normalized spacial score (nSPS) is 12.2. The fourth-order valence-corrected chi connectivity index (χ4v) is 0.923. The number of hydrogen-bond donors (Lipinski definition) is 3. The van der Waals surface area contributed by atoms with E-state index in [1.807, 2.05) is 0 Å². The van der Waals surface area contributed by atoms with Crippen molar-refractivity contribution < 1.29 is 4.79 Å². The summed E-state index contributed by atoms with van der Waals surface area (Å²) in [7, 11) is 1.61. The summed E-state index contributed by atoms with van der Waals surface area (Å²) < 4.78 is 0. The van der Waals surface area contributed by atoms with E-state index in [1.54, 1.807) is 31.6 Å². The molecule has 1 heterocycles. The molecule has 1 aromatic rings. The number of aromatic nitrogens is 1. The zero-order valence-corrected chi connectivity index (χ0v) is 7.32. The summed E-state index contributed by atoms with van der Waals surface area (Å²) in [5.41, 5.74) is 11.3. The first-order valence-corrected chi connectivity index (χ1v) is 3.88. The molecule has 5 heteroatoms. The van der Waals surface area contributed by atoms with Crippen LogP contribution < -0.4 is 16.6 Å². The van der Waals surface area contributed by atoms with Crippen molar-refractivity contribution in [1.82, 2.24) is 15.8 Å². The fraction of sp³-hybridized carbons (Fsp3) is 0.250. The summed E-state index contributed by atoms with van der Waals surface area (Å²) in [4.78, 5) is 15.1. The van der Waals surface area contributed by atoms with E-state index in [2.05, 4.69) is 15.8 Å². The van der Waals surface area contributed by atoms with Crippen LogP contribution >= 0.6 is 0 Å². The molecule has 1 unspecified atom stereocenters. The maximum absolute atomic E-state index is 11.2. The quantitative estimate of drug-likeness (QED) is 0.539. The maximum atomic E-state index is 11.2. The van der Waals surface area contributed by atoms with E-state index in [0.717, 1.165) is 5.56 Å². The highest BCUT2D eigenvalue weighted by atomic mass is 16.2. The molecule has 0 aromatic carbocycles. The molecule has 1 aromatic heterocycles. The number of hydrazine groups is 1. The number of amides is 1. The van der Waals surface area contributed by atoms with E-state index in [4.69, 9.17) is 5.73 Å². The van der Waals surface area contributed by atoms with Gasteiger partial charge < -0.3 is 5.73 Å². The summed E-state index contributed by atoms with van der Waals surface area (Å²) >= 11 is 0. The van der Waals surface area contributed by atoms with Gasteiger partial charge in [0.05, 0.1) is 0 Å². The maximum Gasteiger partial charge on any atom is 0.255 e. The van der Waals surface area contributed by atoms with Crippen LogP contribution in [0.15, 0.2) is 24.5 Å². The number of carbonyl (C=O) groups is 1. The highest BCUT2D eigenvalue weighted by Gasteiger charge is 2.13. The standard InChI is InChI=1S/C8H12N4O/c1-10-12-8(13)7(9)6-2-4-11-5-3-6/h2-5,7,10H,9H2,1H3,(H,12,13). The second-order valence-electron chi connectivity index (χ2n) is 2.50. The van der Waals surface area contributed by atoms with Crippen LogP contribution in [-0.2, 0) is 4.79 Å². The Balaban J connectivity index is 2.68. The van der Waals surface area contributed by atoms with Crippen molar-refractivity contribution in [1.29, 1.82) is 0 Å².